The van der Waals surface area contributed by atoms with E-state index in [1.807, 2.05) is 0 Å². The molecule has 0 spiro atoms. The summed E-state index contributed by atoms with van der Waals surface area (Å²) in [5.41, 5.74) is 0.223. The predicted octanol–water partition coefficient (Wildman–Crippen LogP) is 1.95. The van der Waals surface area contributed by atoms with E-state index >= 15 is 0 Å². The quantitative estimate of drug-likeness (QED) is 0.681. The summed E-state index contributed by atoms with van der Waals surface area (Å²) in [6, 6.07) is 4.05. The Morgan fingerprint density at radius 3 is 2.76 bits per heavy atom. The molecule has 1 N–H and O–H groups in total. The maximum atomic E-state index is 13.3. The minimum absolute atomic E-state index is 0.223. The van der Waals surface area contributed by atoms with Crippen molar-refractivity contribution in [3.05, 3.63) is 48.3 Å². The molecule has 110 valence electrons. The van der Waals surface area contributed by atoms with Crippen LogP contribution in [-0.2, 0) is 9.59 Å². The van der Waals surface area contributed by atoms with Crippen molar-refractivity contribution in [2.75, 3.05) is 0 Å². The summed E-state index contributed by atoms with van der Waals surface area (Å²) in [7, 11) is 0. The van der Waals surface area contributed by atoms with Crippen molar-refractivity contribution < 1.29 is 18.8 Å². The molecule has 1 saturated heterocycles. The highest BCUT2D eigenvalue weighted by Gasteiger charge is 2.43. The molecule has 0 bridgehead atoms. The van der Waals surface area contributed by atoms with Crippen molar-refractivity contribution in [1.29, 1.82) is 0 Å². The lowest BCUT2D eigenvalue weighted by atomic mass is 9.94. The lowest BCUT2D eigenvalue weighted by molar-refractivity contribution is -0.139. The SMILES string of the molecule is C=CCC(C)N1C(=O)NC(=O)C(c2cccc(F)c2)C1=O. The maximum Gasteiger partial charge on any atom is 0.331 e. The summed E-state index contributed by atoms with van der Waals surface area (Å²) < 4.78 is 13.3. The number of hydrogen-bond donors (Lipinski definition) is 1. The van der Waals surface area contributed by atoms with Crippen LogP contribution in [0.5, 0.6) is 0 Å². The fourth-order valence-corrected chi connectivity index (χ4v) is 2.33. The fraction of sp³-hybridized carbons (Fsp3) is 0.267. The Balaban J connectivity index is 2.37. The van der Waals surface area contributed by atoms with Gasteiger partial charge in [-0.1, -0.05) is 18.2 Å². The highest BCUT2D eigenvalue weighted by atomic mass is 19.1. The van der Waals surface area contributed by atoms with Gasteiger partial charge in [0, 0.05) is 6.04 Å². The van der Waals surface area contributed by atoms with Gasteiger partial charge in [0.05, 0.1) is 0 Å². The zero-order valence-corrected chi connectivity index (χ0v) is 11.5. The minimum atomic E-state index is -1.22. The lowest BCUT2D eigenvalue weighted by Crippen LogP contribution is -2.59. The molecule has 2 atom stereocenters. The predicted molar refractivity (Wildman–Crippen MR) is 73.8 cm³/mol. The second-order valence-electron chi connectivity index (χ2n) is 4.86. The van der Waals surface area contributed by atoms with Crippen molar-refractivity contribution in [1.82, 2.24) is 10.2 Å². The Morgan fingerprint density at radius 2 is 2.14 bits per heavy atom. The van der Waals surface area contributed by atoms with Crippen LogP contribution in [0.25, 0.3) is 0 Å². The van der Waals surface area contributed by atoms with Crippen molar-refractivity contribution in [2.45, 2.75) is 25.3 Å². The number of imide groups is 2. The summed E-state index contributed by atoms with van der Waals surface area (Å²) in [4.78, 5) is 37.2. The number of nitrogens with one attached hydrogen (secondary N) is 1. The number of hydrogen-bond acceptors (Lipinski definition) is 3. The molecule has 5 nitrogen and oxygen atoms in total. The summed E-state index contributed by atoms with van der Waals surface area (Å²) in [5, 5.41) is 2.14. The number of rotatable bonds is 4. The van der Waals surface area contributed by atoms with Gasteiger partial charge in [-0.3, -0.25) is 19.8 Å². The highest BCUT2D eigenvalue weighted by Crippen LogP contribution is 2.25. The van der Waals surface area contributed by atoms with Crippen molar-refractivity contribution in [3.8, 4) is 0 Å². The van der Waals surface area contributed by atoms with Crippen LogP contribution in [0.4, 0.5) is 9.18 Å². The van der Waals surface area contributed by atoms with E-state index in [0.717, 1.165) is 11.0 Å². The third-order valence-electron chi connectivity index (χ3n) is 3.33. The topological polar surface area (TPSA) is 66.5 Å². The molecule has 0 radical (unpaired) electrons. The van der Waals surface area contributed by atoms with Gasteiger partial charge in [0.2, 0.25) is 11.8 Å². The maximum absolute atomic E-state index is 13.3. The first-order valence-corrected chi connectivity index (χ1v) is 6.50. The van der Waals surface area contributed by atoms with Gasteiger partial charge in [-0.25, -0.2) is 9.18 Å². The first kappa shape index (κ1) is 14.9. The molecule has 2 unspecified atom stereocenters. The van der Waals surface area contributed by atoms with Gasteiger partial charge in [-0.2, -0.15) is 0 Å². The number of carbonyl (C=O) groups excluding carboxylic acids is 3. The molecule has 1 fully saturated rings. The molecule has 0 aromatic heterocycles. The number of nitrogens with zero attached hydrogens (tertiary/aromatic N) is 1. The summed E-state index contributed by atoms with van der Waals surface area (Å²) in [6.07, 6.45) is 1.99. The molecule has 1 aliphatic rings. The van der Waals surface area contributed by atoms with Crippen LogP contribution in [0.1, 0.15) is 24.8 Å². The van der Waals surface area contributed by atoms with Gasteiger partial charge in [0.25, 0.3) is 0 Å². The van der Waals surface area contributed by atoms with E-state index < -0.39 is 35.6 Å². The van der Waals surface area contributed by atoms with E-state index in [0.29, 0.717) is 6.42 Å². The van der Waals surface area contributed by atoms with Crippen LogP contribution in [-0.4, -0.2) is 28.8 Å². The van der Waals surface area contributed by atoms with E-state index in [1.165, 1.54) is 18.2 Å². The van der Waals surface area contributed by atoms with Crippen LogP contribution in [0.3, 0.4) is 0 Å². The molecule has 2 rings (SSSR count). The molecule has 0 aliphatic carbocycles. The number of urea groups is 1. The molecule has 4 amide bonds. The van der Waals surface area contributed by atoms with E-state index in [2.05, 4.69) is 11.9 Å². The Hall–Kier alpha value is -2.50. The second kappa shape index (κ2) is 5.87. The lowest BCUT2D eigenvalue weighted by Gasteiger charge is -2.34. The normalized spacial score (nSPS) is 20.2. The van der Waals surface area contributed by atoms with Crippen LogP contribution < -0.4 is 5.32 Å². The van der Waals surface area contributed by atoms with Crippen LogP contribution in [0.2, 0.25) is 0 Å². The van der Waals surface area contributed by atoms with Crippen LogP contribution >= 0.6 is 0 Å². The van der Waals surface area contributed by atoms with Crippen molar-refractivity contribution in [3.63, 3.8) is 0 Å². The molecule has 1 aromatic carbocycles. The van der Waals surface area contributed by atoms with Gasteiger partial charge in [-0.05, 0) is 31.0 Å². The second-order valence-corrected chi connectivity index (χ2v) is 4.86. The Morgan fingerprint density at radius 1 is 1.43 bits per heavy atom. The van der Waals surface area contributed by atoms with Crippen molar-refractivity contribution >= 4 is 17.8 Å². The molecule has 1 aliphatic heterocycles. The zero-order valence-electron chi connectivity index (χ0n) is 11.5. The number of barbiturate groups is 1. The Kier molecular flexibility index (Phi) is 4.16. The van der Waals surface area contributed by atoms with E-state index in [-0.39, 0.29) is 5.56 Å². The number of carbonyl (C=O) groups is 3. The zero-order chi connectivity index (χ0) is 15.6. The summed E-state index contributed by atoms with van der Waals surface area (Å²) >= 11 is 0. The third kappa shape index (κ3) is 2.84. The average Bonchev–Trinajstić information content (AvgIpc) is 2.38. The fourth-order valence-electron chi connectivity index (χ4n) is 2.33. The van der Waals surface area contributed by atoms with Crippen molar-refractivity contribution in [2.24, 2.45) is 0 Å². The molecule has 1 heterocycles. The minimum Gasteiger partial charge on any atom is -0.277 e. The van der Waals surface area contributed by atoms with E-state index in [1.54, 1.807) is 13.0 Å². The molecule has 21 heavy (non-hydrogen) atoms. The molecule has 6 heteroatoms. The van der Waals surface area contributed by atoms with Crippen LogP contribution in [0.15, 0.2) is 36.9 Å². The largest absolute Gasteiger partial charge is 0.331 e. The first-order valence-electron chi connectivity index (χ1n) is 6.50. The number of benzene rings is 1. The summed E-state index contributed by atoms with van der Waals surface area (Å²) in [6.45, 7) is 5.24. The Labute approximate surface area is 121 Å². The number of amides is 4. The van der Waals surface area contributed by atoms with Gasteiger partial charge >= 0.3 is 6.03 Å². The van der Waals surface area contributed by atoms with E-state index in [4.69, 9.17) is 0 Å². The molecule has 1 aromatic rings. The summed E-state index contributed by atoms with van der Waals surface area (Å²) in [5.74, 6) is -3.15. The average molecular weight is 290 g/mol. The van der Waals surface area contributed by atoms with Gasteiger partial charge in [0.15, 0.2) is 0 Å². The van der Waals surface area contributed by atoms with Gasteiger partial charge in [0.1, 0.15) is 11.7 Å². The molecule has 0 saturated carbocycles. The third-order valence-corrected chi connectivity index (χ3v) is 3.33. The molecular formula is C15H15FN2O3. The monoisotopic (exact) mass is 290 g/mol. The number of halogens is 1. The molecular weight excluding hydrogens is 275 g/mol. The van der Waals surface area contributed by atoms with Gasteiger partial charge in [-0.15, -0.1) is 6.58 Å². The van der Waals surface area contributed by atoms with Gasteiger partial charge < -0.3 is 0 Å². The smallest absolute Gasteiger partial charge is 0.277 e. The standard InChI is InChI=1S/C15H15FN2O3/c1-3-5-9(2)18-14(20)12(13(19)17-15(18)21)10-6-4-7-11(16)8-10/h3-4,6-9,12H,1,5H2,2H3,(H,17,19,21). The van der Waals surface area contributed by atoms with Crippen LogP contribution in [0, 0.1) is 5.82 Å². The van der Waals surface area contributed by atoms with E-state index in [9.17, 15) is 18.8 Å². The first-order chi connectivity index (χ1) is 9.95. The highest BCUT2D eigenvalue weighted by molar-refractivity contribution is 6.19. The Bertz CT molecular complexity index is 615.